The van der Waals surface area contributed by atoms with E-state index in [4.69, 9.17) is 4.74 Å². The number of nitrogens with one attached hydrogen (secondary N) is 1. The second-order valence-electron chi connectivity index (χ2n) is 3.62. The molecule has 1 aromatic carbocycles. The van der Waals surface area contributed by atoms with Crippen molar-refractivity contribution < 1.29 is 19.1 Å². The van der Waals surface area contributed by atoms with Crippen LogP contribution >= 0.6 is 0 Å². The molecule has 1 N–H and O–H groups in total. The molecule has 5 heteroatoms. The van der Waals surface area contributed by atoms with E-state index >= 15 is 0 Å². The molecule has 19 heavy (non-hydrogen) atoms. The normalized spacial score (nSPS) is 9.00. The van der Waals surface area contributed by atoms with Gasteiger partial charge in [0.2, 0.25) is 5.91 Å². The highest BCUT2D eigenvalue weighted by Gasteiger charge is 2.08. The number of rotatable bonds is 3. The lowest BCUT2D eigenvalue weighted by Crippen LogP contribution is -2.19. The van der Waals surface area contributed by atoms with Crippen LogP contribution in [0.2, 0.25) is 0 Å². The van der Waals surface area contributed by atoms with Crippen molar-refractivity contribution in [2.75, 3.05) is 20.8 Å². The van der Waals surface area contributed by atoms with Gasteiger partial charge in [0.25, 0.3) is 0 Å². The Morgan fingerprint density at radius 1 is 1.32 bits per heavy atom. The fourth-order valence-electron chi connectivity index (χ4n) is 1.36. The van der Waals surface area contributed by atoms with E-state index < -0.39 is 5.97 Å². The minimum Gasteiger partial charge on any atom is -0.495 e. The molecule has 0 saturated heterocycles. The Kier molecular flexibility index (Phi) is 5.42. The number of methoxy groups -OCH3 is 2. The van der Waals surface area contributed by atoms with Crippen molar-refractivity contribution in [2.24, 2.45) is 0 Å². The fourth-order valence-corrected chi connectivity index (χ4v) is 1.36. The minimum absolute atomic E-state index is 0.149. The van der Waals surface area contributed by atoms with Crippen LogP contribution in [0.25, 0.3) is 0 Å². The highest BCUT2D eigenvalue weighted by Crippen LogP contribution is 2.19. The Morgan fingerprint density at radius 3 is 2.63 bits per heavy atom. The van der Waals surface area contributed by atoms with Crippen molar-refractivity contribution in [3.05, 3.63) is 29.3 Å². The number of benzene rings is 1. The maximum absolute atomic E-state index is 11.4. The molecule has 0 aliphatic carbocycles. The average molecular weight is 261 g/mol. The van der Waals surface area contributed by atoms with Gasteiger partial charge in [-0.2, -0.15) is 0 Å². The van der Waals surface area contributed by atoms with E-state index in [9.17, 15) is 9.59 Å². The Morgan fingerprint density at radius 2 is 2.05 bits per heavy atom. The van der Waals surface area contributed by atoms with Gasteiger partial charge >= 0.3 is 5.97 Å². The van der Waals surface area contributed by atoms with E-state index in [-0.39, 0.29) is 12.5 Å². The first-order chi connectivity index (χ1) is 9.08. The van der Waals surface area contributed by atoms with E-state index in [2.05, 4.69) is 21.9 Å². The van der Waals surface area contributed by atoms with Crippen LogP contribution in [0.4, 0.5) is 0 Å². The first kappa shape index (κ1) is 14.6. The summed E-state index contributed by atoms with van der Waals surface area (Å²) in [5.41, 5.74) is 0.961. The van der Waals surface area contributed by atoms with Crippen molar-refractivity contribution >= 4 is 11.9 Å². The molecule has 0 fully saturated rings. The monoisotopic (exact) mass is 261 g/mol. The molecule has 0 radical (unpaired) electrons. The van der Waals surface area contributed by atoms with E-state index in [0.717, 1.165) is 0 Å². The van der Waals surface area contributed by atoms with Crippen LogP contribution in [-0.4, -0.2) is 32.6 Å². The van der Waals surface area contributed by atoms with E-state index in [0.29, 0.717) is 16.9 Å². The summed E-state index contributed by atoms with van der Waals surface area (Å²) in [5.74, 6) is 5.59. The standard InChI is InChI=1S/C14H15NO4/c1-10(16)15-8-4-5-11-9-12(14(17)19-3)6-7-13(11)18-2/h6-7,9H,8H2,1-3H3,(H,15,16). The molecule has 5 nitrogen and oxygen atoms in total. The molecule has 0 saturated carbocycles. The molecular formula is C14H15NO4. The zero-order valence-corrected chi connectivity index (χ0v) is 11.1. The zero-order valence-electron chi connectivity index (χ0n) is 11.1. The van der Waals surface area contributed by atoms with Crippen molar-refractivity contribution in [2.45, 2.75) is 6.92 Å². The number of hydrogen-bond acceptors (Lipinski definition) is 4. The summed E-state index contributed by atoms with van der Waals surface area (Å²) >= 11 is 0. The summed E-state index contributed by atoms with van der Waals surface area (Å²) in [6.45, 7) is 1.65. The van der Waals surface area contributed by atoms with Gasteiger partial charge in [0.1, 0.15) is 5.75 Å². The summed E-state index contributed by atoms with van der Waals surface area (Å²) in [4.78, 5) is 22.1. The van der Waals surface area contributed by atoms with Crippen molar-refractivity contribution in [1.29, 1.82) is 0 Å². The van der Waals surface area contributed by atoms with Gasteiger partial charge in [-0.25, -0.2) is 4.79 Å². The zero-order chi connectivity index (χ0) is 14.3. The third-order valence-electron chi connectivity index (χ3n) is 2.27. The van der Waals surface area contributed by atoms with E-state index in [1.807, 2.05) is 0 Å². The smallest absolute Gasteiger partial charge is 0.337 e. The number of amides is 1. The van der Waals surface area contributed by atoms with Gasteiger partial charge in [-0.05, 0) is 18.2 Å². The molecular weight excluding hydrogens is 246 g/mol. The van der Waals surface area contributed by atoms with Crippen LogP contribution in [0.5, 0.6) is 5.75 Å². The average Bonchev–Trinajstić information content (AvgIpc) is 2.42. The Bertz CT molecular complexity index is 540. The fraction of sp³-hybridized carbons (Fsp3) is 0.286. The maximum Gasteiger partial charge on any atom is 0.337 e. The summed E-state index contributed by atoms with van der Waals surface area (Å²) < 4.78 is 9.79. The number of esters is 1. The van der Waals surface area contributed by atoms with Crippen LogP contribution < -0.4 is 10.1 Å². The Hall–Kier alpha value is -2.48. The predicted octanol–water partition coefficient (Wildman–Crippen LogP) is 0.969. The largest absolute Gasteiger partial charge is 0.495 e. The van der Waals surface area contributed by atoms with Gasteiger partial charge in [-0.1, -0.05) is 11.8 Å². The van der Waals surface area contributed by atoms with E-state index in [1.54, 1.807) is 18.2 Å². The number of carbonyl (C=O) groups excluding carboxylic acids is 2. The summed E-state index contributed by atoms with van der Waals surface area (Å²) in [7, 11) is 2.83. The second kappa shape index (κ2) is 7.07. The van der Waals surface area contributed by atoms with Crippen LogP contribution in [0, 0.1) is 11.8 Å². The summed E-state index contributed by atoms with van der Waals surface area (Å²) in [6.07, 6.45) is 0. The van der Waals surface area contributed by atoms with Crippen molar-refractivity contribution in [3.8, 4) is 17.6 Å². The molecule has 1 amide bonds. The van der Waals surface area contributed by atoms with Gasteiger partial charge < -0.3 is 14.8 Å². The van der Waals surface area contributed by atoms with Gasteiger partial charge in [0.15, 0.2) is 0 Å². The third-order valence-corrected chi connectivity index (χ3v) is 2.27. The lowest BCUT2D eigenvalue weighted by Gasteiger charge is -2.05. The molecule has 0 unspecified atom stereocenters. The third kappa shape index (κ3) is 4.36. The first-order valence-corrected chi connectivity index (χ1v) is 5.58. The van der Waals surface area contributed by atoms with Gasteiger partial charge in [0.05, 0.1) is 31.9 Å². The molecule has 100 valence electrons. The maximum atomic E-state index is 11.4. The first-order valence-electron chi connectivity index (χ1n) is 5.58. The minimum atomic E-state index is -0.437. The van der Waals surface area contributed by atoms with Crippen molar-refractivity contribution in [1.82, 2.24) is 5.32 Å². The van der Waals surface area contributed by atoms with Crippen LogP contribution in [0.1, 0.15) is 22.8 Å². The number of ether oxygens (including phenoxy) is 2. The molecule has 0 bridgehead atoms. The van der Waals surface area contributed by atoms with Gasteiger partial charge in [-0.15, -0.1) is 0 Å². The van der Waals surface area contributed by atoms with Crippen molar-refractivity contribution in [3.63, 3.8) is 0 Å². The quantitative estimate of drug-likeness (QED) is 0.650. The molecule has 0 aliphatic rings. The summed E-state index contributed by atoms with van der Waals surface area (Å²) in [5, 5.41) is 2.56. The van der Waals surface area contributed by atoms with Gasteiger partial charge in [0, 0.05) is 6.92 Å². The molecule has 0 spiro atoms. The number of hydrogen-bond donors (Lipinski definition) is 1. The molecule has 1 aromatic rings. The highest BCUT2D eigenvalue weighted by molar-refractivity contribution is 5.90. The van der Waals surface area contributed by atoms with Crippen LogP contribution in [-0.2, 0) is 9.53 Å². The predicted molar refractivity (Wildman–Crippen MR) is 69.9 cm³/mol. The SMILES string of the molecule is COC(=O)c1ccc(OC)c(C#CCNC(C)=O)c1. The summed E-state index contributed by atoms with van der Waals surface area (Å²) in [6, 6.07) is 4.84. The topological polar surface area (TPSA) is 64.6 Å². The lowest BCUT2D eigenvalue weighted by atomic mass is 10.1. The molecule has 0 aromatic heterocycles. The van der Waals surface area contributed by atoms with E-state index in [1.165, 1.54) is 21.1 Å². The van der Waals surface area contributed by atoms with Crippen LogP contribution in [0.3, 0.4) is 0 Å². The van der Waals surface area contributed by atoms with Crippen LogP contribution in [0.15, 0.2) is 18.2 Å². The molecule has 0 heterocycles. The molecule has 0 aliphatic heterocycles. The lowest BCUT2D eigenvalue weighted by molar-refractivity contribution is -0.118. The Labute approximate surface area is 111 Å². The number of carbonyl (C=O) groups is 2. The Balaban J connectivity index is 2.96. The highest BCUT2D eigenvalue weighted by atomic mass is 16.5. The molecule has 0 atom stereocenters. The van der Waals surface area contributed by atoms with Gasteiger partial charge in [-0.3, -0.25) is 4.79 Å². The molecule has 1 rings (SSSR count). The second-order valence-corrected chi connectivity index (χ2v) is 3.62.